The van der Waals surface area contributed by atoms with E-state index in [9.17, 15) is 0 Å². The van der Waals surface area contributed by atoms with Crippen molar-refractivity contribution >= 4 is 96.7 Å². The average molecular weight is 691 g/mol. The zero-order valence-corrected chi connectivity index (χ0v) is 29.4. The van der Waals surface area contributed by atoms with Crippen molar-refractivity contribution in [2.45, 2.75) is 0 Å². The molecule has 9 aromatic carbocycles. The Kier molecular flexibility index (Phi) is 5.96. The largest absolute Gasteiger partial charge is 0.309 e. The van der Waals surface area contributed by atoms with Gasteiger partial charge in [-0.2, -0.15) is 0 Å². The van der Waals surface area contributed by atoms with E-state index in [4.69, 9.17) is 0 Å². The van der Waals surface area contributed by atoms with E-state index in [1.54, 1.807) is 0 Å². The van der Waals surface area contributed by atoms with E-state index in [1.807, 2.05) is 11.3 Å². The molecule has 12 aromatic rings. The van der Waals surface area contributed by atoms with Gasteiger partial charge in [0.1, 0.15) is 0 Å². The molecule has 0 radical (unpaired) electrons. The molecule has 3 heterocycles. The van der Waals surface area contributed by atoms with Crippen molar-refractivity contribution in [2.24, 2.45) is 0 Å². The fourth-order valence-electron chi connectivity index (χ4n) is 8.89. The number of aromatic nitrogens is 2. The van der Waals surface area contributed by atoms with E-state index in [0.717, 1.165) is 0 Å². The molecule has 0 aliphatic rings. The number of fused-ring (bicyclic) bond motifs is 11. The molecule has 0 amide bonds. The van der Waals surface area contributed by atoms with Crippen LogP contribution in [0.1, 0.15) is 0 Å². The summed E-state index contributed by atoms with van der Waals surface area (Å²) >= 11 is 1.89. The van der Waals surface area contributed by atoms with Crippen molar-refractivity contribution in [3.05, 3.63) is 182 Å². The molecule has 12 rings (SSSR count). The highest BCUT2D eigenvalue weighted by Gasteiger charge is 2.19. The van der Waals surface area contributed by atoms with E-state index in [2.05, 4.69) is 191 Å². The summed E-state index contributed by atoms with van der Waals surface area (Å²) in [5.74, 6) is 0. The van der Waals surface area contributed by atoms with Gasteiger partial charge in [-0.3, -0.25) is 0 Å². The third-order valence-corrected chi connectivity index (χ3v) is 12.4. The molecule has 0 aliphatic carbocycles. The van der Waals surface area contributed by atoms with Gasteiger partial charge in [-0.15, -0.1) is 11.3 Å². The molecule has 246 valence electrons. The van der Waals surface area contributed by atoms with Crippen LogP contribution in [0.5, 0.6) is 0 Å². The van der Waals surface area contributed by atoms with Crippen molar-refractivity contribution in [2.75, 3.05) is 0 Å². The second kappa shape index (κ2) is 10.9. The van der Waals surface area contributed by atoms with Gasteiger partial charge in [0.05, 0.1) is 33.4 Å². The zero-order valence-electron chi connectivity index (χ0n) is 28.6. The van der Waals surface area contributed by atoms with Gasteiger partial charge in [0.25, 0.3) is 0 Å². The highest BCUT2D eigenvalue weighted by molar-refractivity contribution is 7.25. The van der Waals surface area contributed by atoms with Gasteiger partial charge in [-0.25, -0.2) is 0 Å². The predicted octanol–water partition coefficient (Wildman–Crippen LogP) is 14.2. The Morgan fingerprint density at radius 2 is 0.774 bits per heavy atom. The molecular weight excluding hydrogens is 661 g/mol. The minimum atomic E-state index is 1.21. The maximum Gasteiger partial charge on any atom is 0.0548 e. The van der Waals surface area contributed by atoms with Crippen LogP contribution >= 0.6 is 11.3 Å². The number of thiophene rings is 1. The predicted molar refractivity (Wildman–Crippen MR) is 228 cm³/mol. The molecule has 3 aromatic heterocycles. The van der Waals surface area contributed by atoms with Crippen LogP contribution in [-0.4, -0.2) is 9.13 Å². The average Bonchev–Trinajstić information content (AvgIpc) is 3.86. The first-order chi connectivity index (χ1) is 26.3. The SMILES string of the molecule is c1ccc2c(-n3c4ccccc4c4cc(-c5ccc6c(c5)c5cc7sc8ccccc8c7cc5n6-c5cccc6ccccc56)ccc43)cccc2c1. The number of benzene rings is 9. The van der Waals surface area contributed by atoms with Crippen LogP contribution < -0.4 is 0 Å². The molecule has 0 bridgehead atoms. The standard InChI is InChI=1S/C50H30N2S/c1-3-15-35-31(11-1)13-9-20-43(35)51-45-19-7-5-17-37(45)39-27-33(23-25-46(39)51)34-24-26-47-40(28-34)41-30-50-42(38-18-6-8-22-49(38)53-50)29-48(41)52(47)44-21-10-14-32-12-2-4-16-36(32)44/h1-30H. The molecule has 0 aliphatic heterocycles. The number of hydrogen-bond donors (Lipinski definition) is 0. The topological polar surface area (TPSA) is 9.86 Å². The summed E-state index contributed by atoms with van der Waals surface area (Å²) in [5, 5.41) is 12.7. The zero-order chi connectivity index (χ0) is 34.6. The van der Waals surface area contributed by atoms with E-state index >= 15 is 0 Å². The lowest BCUT2D eigenvalue weighted by Gasteiger charge is -2.12. The second-order valence-corrected chi connectivity index (χ2v) is 15.2. The number of hydrogen-bond acceptors (Lipinski definition) is 1. The van der Waals surface area contributed by atoms with Crippen LogP contribution in [0.3, 0.4) is 0 Å². The summed E-state index contributed by atoms with van der Waals surface area (Å²) in [6.45, 7) is 0. The highest BCUT2D eigenvalue weighted by atomic mass is 32.1. The molecule has 0 N–H and O–H groups in total. The maximum atomic E-state index is 2.49. The molecule has 2 nitrogen and oxygen atoms in total. The summed E-state index contributed by atoms with van der Waals surface area (Å²) in [4.78, 5) is 0. The van der Waals surface area contributed by atoms with Gasteiger partial charge < -0.3 is 9.13 Å². The lowest BCUT2D eigenvalue weighted by Crippen LogP contribution is -1.95. The lowest BCUT2D eigenvalue weighted by molar-refractivity contribution is 1.20. The first-order valence-corrected chi connectivity index (χ1v) is 19.0. The highest BCUT2D eigenvalue weighted by Crippen LogP contribution is 2.43. The van der Waals surface area contributed by atoms with Crippen molar-refractivity contribution in [1.82, 2.24) is 9.13 Å². The van der Waals surface area contributed by atoms with Crippen molar-refractivity contribution in [3.63, 3.8) is 0 Å². The molecule has 0 saturated heterocycles. The van der Waals surface area contributed by atoms with Gasteiger partial charge in [-0.05, 0) is 82.6 Å². The Balaban J connectivity index is 1.12. The van der Waals surface area contributed by atoms with Gasteiger partial charge in [-0.1, -0.05) is 121 Å². The van der Waals surface area contributed by atoms with Crippen LogP contribution in [0, 0.1) is 0 Å². The summed E-state index contributed by atoms with van der Waals surface area (Å²) in [6, 6.07) is 67.3. The third kappa shape index (κ3) is 4.14. The Hall–Kier alpha value is -6.68. The van der Waals surface area contributed by atoms with Crippen LogP contribution in [0.25, 0.3) is 108 Å². The van der Waals surface area contributed by atoms with Crippen LogP contribution in [0.4, 0.5) is 0 Å². The lowest BCUT2D eigenvalue weighted by atomic mass is 10.0. The number of para-hydroxylation sites is 1. The van der Waals surface area contributed by atoms with Gasteiger partial charge in [0.2, 0.25) is 0 Å². The molecule has 0 spiro atoms. The molecule has 0 unspecified atom stereocenters. The summed E-state index contributed by atoms with van der Waals surface area (Å²) in [7, 11) is 0. The molecule has 53 heavy (non-hydrogen) atoms. The second-order valence-electron chi connectivity index (χ2n) is 14.1. The van der Waals surface area contributed by atoms with Crippen LogP contribution in [0.15, 0.2) is 182 Å². The minimum absolute atomic E-state index is 1.21. The monoisotopic (exact) mass is 690 g/mol. The minimum Gasteiger partial charge on any atom is -0.309 e. The molecule has 3 heteroatoms. The van der Waals surface area contributed by atoms with Crippen molar-refractivity contribution < 1.29 is 0 Å². The fourth-order valence-corrected chi connectivity index (χ4v) is 10.0. The van der Waals surface area contributed by atoms with E-state index in [0.29, 0.717) is 0 Å². The maximum absolute atomic E-state index is 2.49. The normalized spacial score (nSPS) is 12.2. The van der Waals surface area contributed by atoms with Crippen LogP contribution in [0.2, 0.25) is 0 Å². The van der Waals surface area contributed by atoms with Gasteiger partial charge in [0.15, 0.2) is 0 Å². The van der Waals surface area contributed by atoms with Gasteiger partial charge >= 0.3 is 0 Å². The Morgan fingerprint density at radius 3 is 1.45 bits per heavy atom. The van der Waals surface area contributed by atoms with E-state index < -0.39 is 0 Å². The van der Waals surface area contributed by atoms with E-state index in [1.165, 1.54) is 108 Å². The first-order valence-electron chi connectivity index (χ1n) is 18.2. The molecule has 0 atom stereocenters. The molecule has 0 saturated carbocycles. The smallest absolute Gasteiger partial charge is 0.0548 e. The van der Waals surface area contributed by atoms with Gasteiger partial charge in [0, 0.05) is 52.5 Å². The van der Waals surface area contributed by atoms with E-state index in [-0.39, 0.29) is 0 Å². The quantitative estimate of drug-likeness (QED) is 0.175. The summed E-state index contributed by atoms with van der Waals surface area (Å²) in [6.07, 6.45) is 0. The Bertz CT molecular complexity index is 3460. The molecule has 0 fully saturated rings. The third-order valence-electron chi connectivity index (χ3n) is 11.3. The number of rotatable bonds is 3. The summed E-state index contributed by atoms with van der Waals surface area (Å²) in [5.41, 5.74) is 9.73. The number of nitrogens with zero attached hydrogens (tertiary/aromatic N) is 2. The van der Waals surface area contributed by atoms with Crippen LogP contribution in [-0.2, 0) is 0 Å². The molecular formula is C50H30N2S. The van der Waals surface area contributed by atoms with Crippen molar-refractivity contribution in [3.8, 4) is 22.5 Å². The van der Waals surface area contributed by atoms with Crippen molar-refractivity contribution in [1.29, 1.82) is 0 Å². The Labute approximate surface area is 309 Å². The Morgan fingerprint density at radius 1 is 0.283 bits per heavy atom. The summed E-state index contributed by atoms with van der Waals surface area (Å²) < 4.78 is 7.58. The first kappa shape index (κ1) is 29.0. The fraction of sp³-hybridized carbons (Fsp3) is 0.